The van der Waals surface area contributed by atoms with Crippen LogP contribution in [0.4, 0.5) is 10.5 Å². The SMILES string of the molecule is Cc1ccc(C)c(NC(=O)CSc2nn3c(C4CCCN4C(=O)OC(C)(C)C)nnc3s2)c1. The monoisotopic (exact) mass is 488 g/mol. The van der Waals surface area contributed by atoms with Crippen LogP contribution in [0, 0.1) is 13.8 Å². The quantitative estimate of drug-likeness (QED) is 0.524. The minimum absolute atomic E-state index is 0.0909. The van der Waals surface area contributed by atoms with Crippen LogP contribution in [-0.2, 0) is 9.53 Å². The molecule has 33 heavy (non-hydrogen) atoms. The summed E-state index contributed by atoms with van der Waals surface area (Å²) in [6.45, 7) is 10.1. The van der Waals surface area contributed by atoms with Gasteiger partial charge in [0.25, 0.3) is 0 Å². The zero-order valence-electron chi connectivity index (χ0n) is 19.4. The van der Waals surface area contributed by atoms with E-state index in [4.69, 9.17) is 4.74 Å². The van der Waals surface area contributed by atoms with E-state index < -0.39 is 5.60 Å². The van der Waals surface area contributed by atoms with E-state index in [1.165, 1.54) is 23.1 Å². The summed E-state index contributed by atoms with van der Waals surface area (Å²) in [6.07, 6.45) is 1.29. The number of aryl methyl sites for hydroxylation is 2. The van der Waals surface area contributed by atoms with Crippen LogP contribution in [0.2, 0.25) is 0 Å². The number of benzene rings is 1. The van der Waals surface area contributed by atoms with Gasteiger partial charge in [0.05, 0.1) is 11.8 Å². The maximum atomic E-state index is 12.7. The van der Waals surface area contributed by atoms with Crippen LogP contribution in [-0.4, -0.2) is 54.6 Å². The molecule has 0 spiro atoms. The molecule has 1 N–H and O–H groups in total. The maximum Gasteiger partial charge on any atom is 0.410 e. The molecule has 0 bridgehead atoms. The van der Waals surface area contributed by atoms with Crippen LogP contribution in [0.5, 0.6) is 0 Å². The molecule has 0 aliphatic carbocycles. The number of hydrogen-bond acceptors (Lipinski definition) is 8. The van der Waals surface area contributed by atoms with E-state index in [0.717, 1.165) is 34.0 Å². The molecule has 1 aliphatic rings. The topological polar surface area (TPSA) is 102 Å². The number of fused-ring (bicyclic) bond motifs is 1. The van der Waals surface area contributed by atoms with Gasteiger partial charge in [-0.15, -0.1) is 15.3 Å². The van der Waals surface area contributed by atoms with Gasteiger partial charge in [0.15, 0.2) is 10.2 Å². The third-order valence-electron chi connectivity index (χ3n) is 5.17. The molecule has 11 heteroatoms. The number of ether oxygens (including phenoxy) is 1. The summed E-state index contributed by atoms with van der Waals surface area (Å²) in [5.41, 5.74) is 2.38. The first-order chi connectivity index (χ1) is 15.6. The number of hydrogen-bond donors (Lipinski definition) is 1. The Morgan fingerprint density at radius 2 is 2.06 bits per heavy atom. The molecule has 1 saturated heterocycles. The largest absolute Gasteiger partial charge is 0.444 e. The maximum absolute atomic E-state index is 12.7. The van der Waals surface area contributed by atoms with Gasteiger partial charge in [-0.05, 0) is 64.7 Å². The number of thioether (sulfide) groups is 1. The summed E-state index contributed by atoms with van der Waals surface area (Å²) in [7, 11) is 0. The molecule has 2 aromatic heterocycles. The van der Waals surface area contributed by atoms with Crippen molar-refractivity contribution in [2.75, 3.05) is 17.6 Å². The Hall–Kier alpha value is -2.66. The molecule has 0 radical (unpaired) electrons. The second-order valence-electron chi connectivity index (χ2n) is 9.11. The number of anilines is 1. The normalized spacial score (nSPS) is 16.4. The highest BCUT2D eigenvalue weighted by Gasteiger charge is 2.36. The van der Waals surface area contributed by atoms with Gasteiger partial charge in [0.1, 0.15) is 5.60 Å². The zero-order chi connectivity index (χ0) is 23.8. The molecule has 1 atom stereocenters. The molecule has 1 aromatic carbocycles. The smallest absolute Gasteiger partial charge is 0.410 e. The van der Waals surface area contributed by atoms with E-state index in [1.807, 2.05) is 52.8 Å². The molecule has 176 valence electrons. The van der Waals surface area contributed by atoms with Gasteiger partial charge in [-0.2, -0.15) is 4.52 Å². The summed E-state index contributed by atoms with van der Waals surface area (Å²) in [5.74, 6) is 0.767. The van der Waals surface area contributed by atoms with Crippen molar-refractivity contribution < 1.29 is 14.3 Å². The summed E-state index contributed by atoms with van der Waals surface area (Å²) in [6, 6.07) is 5.74. The predicted octanol–water partition coefficient (Wildman–Crippen LogP) is 4.61. The average Bonchev–Trinajstić information content (AvgIpc) is 3.43. The van der Waals surface area contributed by atoms with Crippen molar-refractivity contribution in [3.05, 3.63) is 35.2 Å². The summed E-state index contributed by atoms with van der Waals surface area (Å²) < 4.78 is 7.96. The van der Waals surface area contributed by atoms with E-state index >= 15 is 0 Å². The number of nitrogens with one attached hydrogen (secondary N) is 1. The summed E-state index contributed by atoms with van der Waals surface area (Å²) >= 11 is 2.73. The first kappa shape index (κ1) is 23.5. The van der Waals surface area contributed by atoms with Crippen molar-refractivity contribution in [2.24, 2.45) is 0 Å². The van der Waals surface area contributed by atoms with Gasteiger partial charge < -0.3 is 10.1 Å². The summed E-state index contributed by atoms with van der Waals surface area (Å²) in [4.78, 5) is 27.5. The molecular formula is C22H28N6O3S2. The first-order valence-electron chi connectivity index (χ1n) is 10.8. The van der Waals surface area contributed by atoms with Crippen LogP contribution in [0.1, 0.15) is 56.6 Å². The lowest BCUT2D eigenvalue weighted by molar-refractivity contribution is -0.113. The van der Waals surface area contributed by atoms with Crippen LogP contribution in [0.15, 0.2) is 22.5 Å². The van der Waals surface area contributed by atoms with E-state index in [0.29, 0.717) is 17.3 Å². The molecule has 0 saturated carbocycles. The predicted molar refractivity (Wildman–Crippen MR) is 129 cm³/mol. The Kier molecular flexibility index (Phi) is 6.62. The van der Waals surface area contributed by atoms with Crippen molar-refractivity contribution in [3.63, 3.8) is 0 Å². The molecule has 9 nitrogen and oxygen atoms in total. The first-order valence-corrected chi connectivity index (χ1v) is 12.6. The third kappa shape index (κ3) is 5.47. The number of rotatable bonds is 5. The van der Waals surface area contributed by atoms with Crippen molar-refractivity contribution in [3.8, 4) is 0 Å². The molecule has 1 aliphatic heterocycles. The molecule has 2 amide bonds. The van der Waals surface area contributed by atoms with Gasteiger partial charge in [0, 0.05) is 12.2 Å². The van der Waals surface area contributed by atoms with Gasteiger partial charge >= 0.3 is 6.09 Å². The van der Waals surface area contributed by atoms with Crippen molar-refractivity contribution in [2.45, 2.75) is 63.4 Å². The van der Waals surface area contributed by atoms with Crippen LogP contribution in [0.25, 0.3) is 4.96 Å². The lowest BCUT2D eigenvalue weighted by Gasteiger charge is -2.27. The molecule has 1 fully saturated rings. The van der Waals surface area contributed by atoms with Crippen molar-refractivity contribution in [1.82, 2.24) is 24.7 Å². The Morgan fingerprint density at radius 1 is 1.27 bits per heavy atom. The molecular weight excluding hydrogens is 460 g/mol. The van der Waals surface area contributed by atoms with E-state index in [9.17, 15) is 9.59 Å². The Labute approximate surface area is 200 Å². The van der Waals surface area contributed by atoms with E-state index in [2.05, 4.69) is 20.6 Å². The second-order valence-corrected chi connectivity index (χ2v) is 11.3. The highest BCUT2D eigenvalue weighted by atomic mass is 32.2. The van der Waals surface area contributed by atoms with Gasteiger partial charge in [-0.25, -0.2) is 4.79 Å². The highest BCUT2D eigenvalue weighted by molar-refractivity contribution is 8.01. The van der Waals surface area contributed by atoms with Crippen LogP contribution < -0.4 is 5.32 Å². The van der Waals surface area contributed by atoms with Gasteiger partial charge in [-0.1, -0.05) is 35.2 Å². The Balaban J connectivity index is 1.43. The Bertz CT molecular complexity index is 1180. The second kappa shape index (κ2) is 9.30. The zero-order valence-corrected chi connectivity index (χ0v) is 21.0. The van der Waals surface area contributed by atoms with Crippen LogP contribution >= 0.6 is 23.1 Å². The summed E-state index contributed by atoms with van der Waals surface area (Å²) in [5, 5.41) is 16.1. The lowest BCUT2D eigenvalue weighted by atomic mass is 10.1. The molecule has 3 aromatic rings. The van der Waals surface area contributed by atoms with Gasteiger partial charge in [-0.3, -0.25) is 9.69 Å². The number of carbonyl (C=O) groups is 2. The third-order valence-corrected chi connectivity index (χ3v) is 7.20. The van der Waals surface area contributed by atoms with Crippen LogP contribution in [0.3, 0.4) is 0 Å². The lowest BCUT2D eigenvalue weighted by Crippen LogP contribution is -2.37. The number of amides is 2. The average molecular weight is 489 g/mol. The fourth-order valence-electron chi connectivity index (χ4n) is 3.64. The standard InChI is InChI=1S/C22H28N6O3S2/c1-13-8-9-14(2)15(11-13)23-17(29)12-32-20-26-28-18(24-25-19(28)33-20)16-7-6-10-27(16)21(30)31-22(3,4)5/h8-9,11,16H,6-7,10,12H2,1-5H3,(H,23,29). The number of nitrogens with zero attached hydrogens (tertiary/aromatic N) is 5. The number of likely N-dealkylation sites (tertiary alicyclic amines) is 1. The van der Waals surface area contributed by atoms with Crippen molar-refractivity contribution >= 4 is 45.7 Å². The molecule has 1 unspecified atom stereocenters. The fraction of sp³-hybridized carbons (Fsp3) is 0.500. The fourth-order valence-corrected chi connectivity index (χ4v) is 5.32. The Morgan fingerprint density at radius 3 is 2.82 bits per heavy atom. The molecule has 4 rings (SSSR count). The van der Waals surface area contributed by atoms with Gasteiger partial charge in [0.2, 0.25) is 10.9 Å². The minimum atomic E-state index is -0.563. The number of aromatic nitrogens is 4. The van der Waals surface area contributed by atoms with E-state index in [1.54, 1.807) is 9.42 Å². The van der Waals surface area contributed by atoms with E-state index in [-0.39, 0.29) is 23.8 Å². The highest BCUT2D eigenvalue weighted by Crippen LogP contribution is 2.34. The molecule has 3 heterocycles. The number of carbonyl (C=O) groups excluding carboxylic acids is 2. The van der Waals surface area contributed by atoms with Crippen molar-refractivity contribution in [1.29, 1.82) is 0 Å². The minimum Gasteiger partial charge on any atom is -0.444 e.